The number of carbonyl (C=O) groups excluding carboxylic acids is 1. The van der Waals surface area contributed by atoms with Gasteiger partial charge < -0.3 is 9.64 Å². The molecule has 11 heteroatoms. The lowest BCUT2D eigenvalue weighted by Gasteiger charge is -2.37. The van der Waals surface area contributed by atoms with Crippen molar-refractivity contribution in [3.63, 3.8) is 0 Å². The largest absolute Gasteiger partial charge is 0.417 e. The van der Waals surface area contributed by atoms with Crippen LogP contribution in [-0.2, 0) is 21.2 Å². The maximum Gasteiger partial charge on any atom is 0.417 e. The summed E-state index contributed by atoms with van der Waals surface area (Å²) in [5, 5.41) is 10.5. The molecule has 0 radical (unpaired) electrons. The molecule has 26 heavy (non-hydrogen) atoms. The van der Waals surface area contributed by atoms with E-state index in [9.17, 15) is 18.0 Å². The highest BCUT2D eigenvalue weighted by atomic mass is 35.5. The van der Waals surface area contributed by atoms with E-state index in [0.717, 1.165) is 12.1 Å². The van der Waals surface area contributed by atoms with Crippen LogP contribution in [0.5, 0.6) is 0 Å². The molecule has 0 bridgehead atoms. The van der Waals surface area contributed by atoms with Gasteiger partial charge in [-0.1, -0.05) is 11.6 Å². The first-order chi connectivity index (χ1) is 12.3. The number of benzene rings is 1. The lowest BCUT2D eigenvalue weighted by atomic mass is 9.88. The molecule has 2 aromatic rings. The third-order valence-corrected chi connectivity index (χ3v) is 4.78. The van der Waals surface area contributed by atoms with Crippen molar-refractivity contribution < 1.29 is 22.7 Å². The summed E-state index contributed by atoms with van der Waals surface area (Å²) < 4.78 is 46.0. The molecule has 0 unspecified atom stereocenters. The minimum atomic E-state index is -4.62. The van der Waals surface area contributed by atoms with E-state index in [1.807, 2.05) is 0 Å². The Hall–Kier alpha value is -2.20. The minimum absolute atomic E-state index is 0.0747. The first kappa shape index (κ1) is 18.6. The van der Waals surface area contributed by atoms with Crippen molar-refractivity contribution in [3.05, 3.63) is 35.1 Å². The number of amides is 1. The molecule has 0 N–H and O–H groups in total. The summed E-state index contributed by atoms with van der Waals surface area (Å²) in [5.41, 5.74) is -2.04. The van der Waals surface area contributed by atoms with Crippen molar-refractivity contribution >= 4 is 23.2 Å². The molecule has 0 spiro atoms. The second-order valence-electron chi connectivity index (χ2n) is 5.92. The van der Waals surface area contributed by atoms with Gasteiger partial charge in [-0.25, -0.2) is 4.68 Å². The van der Waals surface area contributed by atoms with E-state index in [2.05, 4.69) is 15.5 Å². The number of nitrogens with zero attached hydrogens (tertiary/aromatic N) is 5. The summed E-state index contributed by atoms with van der Waals surface area (Å²) in [5.74, 6) is -0.427. The van der Waals surface area contributed by atoms with Crippen molar-refractivity contribution in [1.29, 1.82) is 0 Å². The van der Waals surface area contributed by atoms with Gasteiger partial charge in [0.2, 0.25) is 0 Å². The quantitative estimate of drug-likeness (QED) is 0.806. The van der Waals surface area contributed by atoms with E-state index < -0.39 is 28.2 Å². The van der Waals surface area contributed by atoms with Gasteiger partial charge in [-0.15, -0.1) is 5.10 Å². The van der Waals surface area contributed by atoms with E-state index in [0.29, 0.717) is 26.1 Å². The molecule has 0 saturated carbocycles. The Labute approximate surface area is 151 Å². The zero-order valence-corrected chi connectivity index (χ0v) is 14.5. The van der Waals surface area contributed by atoms with Crippen LogP contribution in [0.3, 0.4) is 0 Å². The van der Waals surface area contributed by atoms with Crippen molar-refractivity contribution in [1.82, 2.24) is 20.2 Å². The Morgan fingerprint density at radius 2 is 2.04 bits per heavy atom. The SMILES string of the molecule is CN(C(=O)C1(n2cnnn2)CCOCC1)c1ccc(Cl)c(C(F)(F)F)c1. The number of alkyl halides is 3. The molecule has 1 aliphatic rings. The zero-order valence-electron chi connectivity index (χ0n) is 13.7. The van der Waals surface area contributed by atoms with Crippen LogP contribution in [0.2, 0.25) is 5.02 Å². The minimum Gasteiger partial charge on any atom is -0.381 e. The fourth-order valence-electron chi connectivity index (χ4n) is 2.98. The Kier molecular flexibility index (Phi) is 4.89. The monoisotopic (exact) mass is 389 g/mol. The number of rotatable bonds is 3. The lowest BCUT2D eigenvalue weighted by molar-refractivity contribution is -0.137. The van der Waals surface area contributed by atoms with E-state index >= 15 is 0 Å². The van der Waals surface area contributed by atoms with Crippen LogP contribution >= 0.6 is 11.6 Å². The average Bonchev–Trinajstić information content (AvgIpc) is 3.15. The molecule has 1 aromatic carbocycles. The van der Waals surface area contributed by atoms with E-state index in [1.54, 1.807) is 0 Å². The number of likely N-dealkylation sites (N-methyl/N-ethyl adjacent to an activating group) is 1. The second kappa shape index (κ2) is 6.84. The molecule has 2 heterocycles. The molecule has 1 fully saturated rings. The summed E-state index contributed by atoms with van der Waals surface area (Å²) in [6.45, 7) is 0.627. The molecule has 140 valence electrons. The van der Waals surface area contributed by atoms with E-state index in [4.69, 9.17) is 16.3 Å². The number of tetrazole rings is 1. The highest BCUT2D eigenvalue weighted by Crippen LogP contribution is 2.38. The fraction of sp³-hybridized carbons (Fsp3) is 0.467. The molecule has 1 saturated heterocycles. The molecule has 1 aliphatic heterocycles. The van der Waals surface area contributed by atoms with Gasteiger partial charge in [-0.05, 0) is 28.6 Å². The number of aromatic nitrogens is 4. The molecule has 0 atom stereocenters. The number of halogens is 4. The van der Waals surface area contributed by atoms with Gasteiger partial charge in [0.15, 0.2) is 0 Å². The Bertz CT molecular complexity index is 791. The summed E-state index contributed by atoms with van der Waals surface area (Å²) >= 11 is 5.65. The summed E-state index contributed by atoms with van der Waals surface area (Å²) in [7, 11) is 1.41. The first-order valence-corrected chi connectivity index (χ1v) is 8.09. The highest BCUT2D eigenvalue weighted by molar-refractivity contribution is 6.31. The molecule has 3 rings (SSSR count). The Balaban J connectivity index is 1.98. The van der Waals surface area contributed by atoms with Crippen LogP contribution in [0.4, 0.5) is 18.9 Å². The highest BCUT2D eigenvalue weighted by Gasteiger charge is 2.45. The molecule has 1 amide bonds. The van der Waals surface area contributed by atoms with Crippen molar-refractivity contribution in [2.75, 3.05) is 25.2 Å². The Morgan fingerprint density at radius 1 is 1.35 bits per heavy atom. The average molecular weight is 390 g/mol. The predicted molar refractivity (Wildman–Crippen MR) is 85.7 cm³/mol. The summed E-state index contributed by atoms with van der Waals surface area (Å²) in [4.78, 5) is 14.4. The van der Waals surface area contributed by atoms with E-state index in [1.165, 1.54) is 29.0 Å². The molecule has 0 aliphatic carbocycles. The smallest absolute Gasteiger partial charge is 0.381 e. The molecular formula is C15H15ClF3N5O2. The van der Waals surface area contributed by atoms with Gasteiger partial charge in [0, 0.05) is 38.8 Å². The third kappa shape index (κ3) is 3.26. The van der Waals surface area contributed by atoms with Gasteiger partial charge in [-0.3, -0.25) is 4.79 Å². The lowest BCUT2D eigenvalue weighted by Crippen LogP contribution is -2.53. The zero-order chi connectivity index (χ0) is 18.9. The molecular weight excluding hydrogens is 375 g/mol. The number of hydrogen-bond donors (Lipinski definition) is 0. The Morgan fingerprint density at radius 3 is 2.62 bits per heavy atom. The van der Waals surface area contributed by atoms with Crippen LogP contribution in [0.15, 0.2) is 24.5 Å². The van der Waals surface area contributed by atoms with Crippen molar-refractivity contribution in [3.8, 4) is 0 Å². The second-order valence-corrected chi connectivity index (χ2v) is 6.33. The van der Waals surface area contributed by atoms with Crippen LogP contribution in [0.1, 0.15) is 18.4 Å². The maximum atomic E-state index is 13.2. The predicted octanol–water partition coefficient (Wildman–Crippen LogP) is 2.51. The van der Waals surface area contributed by atoms with Crippen molar-refractivity contribution in [2.45, 2.75) is 24.6 Å². The van der Waals surface area contributed by atoms with Gasteiger partial charge >= 0.3 is 6.18 Å². The number of anilines is 1. The normalized spacial score (nSPS) is 17.1. The van der Waals surface area contributed by atoms with Gasteiger partial charge in [0.1, 0.15) is 11.9 Å². The van der Waals surface area contributed by atoms with Crippen LogP contribution < -0.4 is 4.90 Å². The third-order valence-electron chi connectivity index (χ3n) is 4.45. The van der Waals surface area contributed by atoms with Crippen LogP contribution in [0.25, 0.3) is 0 Å². The van der Waals surface area contributed by atoms with E-state index in [-0.39, 0.29) is 5.69 Å². The van der Waals surface area contributed by atoms with Gasteiger partial charge in [0.05, 0.1) is 10.6 Å². The molecule has 7 nitrogen and oxygen atoms in total. The van der Waals surface area contributed by atoms with Gasteiger partial charge in [-0.2, -0.15) is 13.2 Å². The molecule has 1 aromatic heterocycles. The van der Waals surface area contributed by atoms with Crippen LogP contribution in [-0.4, -0.2) is 46.4 Å². The standard InChI is InChI=1S/C15H15ClF3N5O2/c1-23(10-2-3-12(16)11(8-10)15(17,18)19)13(25)14(4-6-26-7-5-14)24-9-20-21-22-24/h2-3,8-9H,4-7H2,1H3. The van der Waals surface area contributed by atoms with Crippen molar-refractivity contribution in [2.24, 2.45) is 0 Å². The fourth-order valence-corrected chi connectivity index (χ4v) is 3.20. The number of hydrogen-bond acceptors (Lipinski definition) is 5. The van der Waals surface area contributed by atoms with Crippen LogP contribution in [0, 0.1) is 0 Å². The van der Waals surface area contributed by atoms with Gasteiger partial charge in [0.25, 0.3) is 5.91 Å². The summed E-state index contributed by atoms with van der Waals surface area (Å²) in [6, 6.07) is 3.34. The maximum absolute atomic E-state index is 13.2. The topological polar surface area (TPSA) is 73.1 Å². The number of carbonyl (C=O) groups is 1. The summed E-state index contributed by atoms with van der Waals surface area (Å²) in [6.07, 6.45) is -2.69. The first-order valence-electron chi connectivity index (χ1n) is 7.72. The number of ether oxygens (including phenoxy) is 1.